The fraction of sp³-hybridized carbons (Fsp3) is 0.333. The van der Waals surface area contributed by atoms with E-state index in [1.807, 2.05) is 18.2 Å². The molecule has 0 aliphatic rings. The summed E-state index contributed by atoms with van der Waals surface area (Å²) in [5, 5.41) is 0.961. The van der Waals surface area contributed by atoms with E-state index in [0.717, 1.165) is 10.8 Å². The molecule has 5 heteroatoms. The van der Waals surface area contributed by atoms with Crippen molar-refractivity contribution in [2.75, 3.05) is 12.9 Å². The molecule has 1 aromatic rings. The summed E-state index contributed by atoms with van der Waals surface area (Å²) >= 11 is 0. The second kappa shape index (κ2) is 6.73. The van der Waals surface area contributed by atoms with Crippen LogP contribution in [0.5, 0.6) is 0 Å². The highest BCUT2D eigenvalue weighted by atomic mass is 33.1. The van der Waals surface area contributed by atoms with E-state index in [4.69, 9.17) is 0 Å². The second-order valence-electron chi connectivity index (χ2n) is 2.40. The SMILES string of the molecule is COC(=O)CCSSc1ccccn1. The number of hydrogen-bond acceptors (Lipinski definition) is 5. The lowest BCUT2D eigenvalue weighted by molar-refractivity contribution is -0.140. The molecule has 0 saturated carbocycles. The summed E-state index contributed by atoms with van der Waals surface area (Å²) < 4.78 is 4.53. The Kier molecular flexibility index (Phi) is 5.47. The fourth-order valence-corrected chi connectivity index (χ4v) is 2.58. The molecule has 0 aliphatic heterocycles. The van der Waals surface area contributed by atoms with Gasteiger partial charge in [0.05, 0.1) is 13.5 Å². The zero-order valence-electron chi connectivity index (χ0n) is 7.80. The van der Waals surface area contributed by atoms with E-state index in [-0.39, 0.29) is 5.97 Å². The molecule has 0 aromatic carbocycles. The van der Waals surface area contributed by atoms with Crippen LogP contribution in [0.15, 0.2) is 29.4 Å². The average molecular weight is 229 g/mol. The number of nitrogens with zero attached hydrogens (tertiary/aromatic N) is 1. The summed E-state index contributed by atoms with van der Waals surface area (Å²) in [6, 6.07) is 5.76. The van der Waals surface area contributed by atoms with Gasteiger partial charge in [0.2, 0.25) is 0 Å². The Morgan fingerprint density at radius 1 is 1.57 bits per heavy atom. The minimum Gasteiger partial charge on any atom is -0.469 e. The monoisotopic (exact) mass is 229 g/mol. The summed E-state index contributed by atoms with van der Waals surface area (Å²) in [7, 11) is 4.58. The topological polar surface area (TPSA) is 39.2 Å². The Balaban J connectivity index is 2.13. The van der Waals surface area contributed by atoms with Gasteiger partial charge >= 0.3 is 5.97 Å². The molecular weight excluding hydrogens is 218 g/mol. The highest BCUT2D eigenvalue weighted by Crippen LogP contribution is 2.29. The summed E-state index contributed by atoms with van der Waals surface area (Å²) in [4.78, 5) is 14.9. The molecule has 0 fully saturated rings. The molecule has 3 nitrogen and oxygen atoms in total. The molecule has 14 heavy (non-hydrogen) atoms. The summed E-state index contributed by atoms with van der Waals surface area (Å²) in [6.07, 6.45) is 2.20. The van der Waals surface area contributed by atoms with Gasteiger partial charge < -0.3 is 4.74 Å². The lowest BCUT2D eigenvalue weighted by Gasteiger charge is -1.99. The zero-order valence-corrected chi connectivity index (χ0v) is 9.44. The number of pyridine rings is 1. The van der Waals surface area contributed by atoms with E-state index in [1.54, 1.807) is 27.8 Å². The van der Waals surface area contributed by atoms with Crippen LogP contribution in [-0.4, -0.2) is 23.8 Å². The standard InChI is InChI=1S/C9H11NO2S2/c1-12-9(11)5-7-13-14-8-4-2-3-6-10-8/h2-4,6H,5,7H2,1H3. The van der Waals surface area contributed by atoms with E-state index in [2.05, 4.69) is 9.72 Å². The van der Waals surface area contributed by atoms with Gasteiger partial charge in [-0.1, -0.05) is 16.9 Å². The van der Waals surface area contributed by atoms with Gasteiger partial charge in [-0.25, -0.2) is 4.98 Å². The van der Waals surface area contributed by atoms with Gasteiger partial charge in [-0.15, -0.1) is 0 Å². The Hall–Kier alpha value is -0.680. The van der Waals surface area contributed by atoms with Crippen molar-refractivity contribution in [2.45, 2.75) is 11.4 Å². The highest BCUT2D eigenvalue weighted by Gasteiger charge is 2.00. The molecule has 76 valence electrons. The lowest BCUT2D eigenvalue weighted by Crippen LogP contribution is -2.00. The van der Waals surface area contributed by atoms with Crippen molar-refractivity contribution in [3.05, 3.63) is 24.4 Å². The molecule has 1 rings (SSSR count). The molecule has 0 amide bonds. The molecule has 0 spiro atoms. The van der Waals surface area contributed by atoms with Gasteiger partial charge in [-0.2, -0.15) is 0 Å². The number of hydrogen-bond donors (Lipinski definition) is 0. The maximum Gasteiger partial charge on any atom is 0.306 e. The summed E-state index contributed by atoms with van der Waals surface area (Å²) in [5.41, 5.74) is 0. The first-order valence-corrected chi connectivity index (χ1v) is 6.42. The number of carbonyl (C=O) groups is 1. The van der Waals surface area contributed by atoms with Crippen molar-refractivity contribution in [3.63, 3.8) is 0 Å². The quantitative estimate of drug-likeness (QED) is 0.440. The first-order valence-electron chi connectivity index (χ1n) is 4.10. The van der Waals surface area contributed by atoms with Crippen LogP contribution in [0, 0.1) is 0 Å². The minimum atomic E-state index is -0.167. The number of esters is 1. The van der Waals surface area contributed by atoms with Crippen LogP contribution in [0.1, 0.15) is 6.42 Å². The van der Waals surface area contributed by atoms with E-state index < -0.39 is 0 Å². The van der Waals surface area contributed by atoms with Crippen molar-refractivity contribution in [3.8, 4) is 0 Å². The number of aromatic nitrogens is 1. The van der Waals surface area contributed by atoms with E-state index in [9.17, 15) is 4.79 Å². The van der Waals surface area contributed by atoms with Crippen molar-refractivity contribution in [1.82, 2.24) is 4.98 Å². The Bertz CT molecular complexity index is 279. The molecule has 0 radical (unpaired) electrons. The second-order valence-corrected chi connectivity index (χ2v) is 4.84. The molecule has 0 bridgehead atoms. The van der Waals surface area contributed by atoms with Crippen molar-refractivity contribution in [2.24, 2.45) is 0 Å². The van der Waals surface area contributed by atoms with Gasteiger partial charge in [0.25, 0.3) is 0 Å². The van der Waals surface area contributed by atoms with Crippen LogP contribution in [0.4, 0.5) is 0 Å². The van der Waals surface area contributed by atoms with Gasteiger partial charge in [0.1, 0.15) is 5.03 Å². The van der Waals surface area contributed by atoms with E-state index in [1.165, 1.54) is 7.11 Å². The molecule has 1 heterocycles. The smallest absolute Gasteiger partial charge is 0.306 e. The maximum atomic E-state index is 10.8. The van der Waals surface area contributed by atoms with Crippen LogP contribution in [0.25, 0.3) is 0 Å². The predicted molar refractivity (Wildman–Crippen MR) is 59.2 cm³/mol. The van der Waals surface area contributed by atoms with Crippen LogP contribution in [0.3, 0.4) is 0 Å². The largest absolute Gasteiger partial charge is 0.469 e. The maximum absolute atomic E-state index is 10.8. The van der Waals surface area contributed by atoms with Crippen LogP contribution < -0.4 is 0 Å². The van der Waals surface area contributed by atoms with Crippen LogP contribution >= 0.6 is 21.6 Å². The van der Waals surface area contributed by atoms with Gasteiger partial charge in [0.15, 0.2) is 0 Å². The van der Waals surface area contributed by atoms with Gasteiger partial charge in [-0.05, 0) is 22.9 Å². The Labute approximate surface area is 91.0 Å². The van der Waals surface area contributed by atoms with Gasteiger partial charge in [0, 0.05) is 11.9 Å². The lowest BCUT2D eigenvalue weighted by atomic mass is 10.5. The Morgan fingerprint density at radius 3 is 3.07 bits per heavy atom. The molecule has 0 unspecified atom stereocenters. The van der Waals surface area contributed by atoms with Gasteiger partial charge in [-0.3, -0.25) is 4.79 Å². The average Bonchev–Trinajstić information content (AvgIpc) is 2.25. The van der Waals surface area contributed by atoms with Crippen molar-refractivity contribution in [1.29, 1.82) is 0 Å². The van der Waals surface area contributed by atoms with Crippen LogP contribution in [-0.2, 0) is 9.53 Å². The molecule has 0 saturated heterocycles. The third-order valence-corrected chi connectivity index (χ3v) is 3.67. The van der Waals surface area contributed by atoms with E-state index >= 15 is 0 Å². The number of methoxy groups -OCH3 is 1. The third kappa shape index (κ3) is 4.53. The first kappa shape index (κ1) is 11.4. The number of rotatable bonds is 5. The molecule has 0 aliphatic carbocycles. The number of ether oxygens (including phenoxy) is 1. The molecule has 0 N–H and O–H groups in total. The van der Waals surface area contributed by atoms with Crippen molar-refractivity contribution < 1.29 is 9.53 Å². The Morgan fingerprint density at radius 2 is 2.43 bits per heavy atom. The predicted octanol–water partition coefficient (Wildman–Crippen LogP) is 2.38. The van der Waals surface area contributed by atoms with Crippen molar-refractivity contribution >= 4 is 27.6 Å². The third-order valence-electron chi connectivity index (χ3n) is 1.40. The molecule has 0 atom stereocenters. The van der Waals surface area contributed by atoms with Crippen LogP contribution in [0.2, 0.25) is 0 Å². The normalized spacial score (nSPS) is 9.79. The number of carbonyl (C=O) groups excluding carboxylic acids is 1. The highest BCUT2D eigenvalue weighted by molar-refractivity contribution is 8.76. The molecular formula is C9H11NO2S2. The zero-order chi connectivity index (χ0) is 10.2. The first-order chi connectivity index (χ1) is 6.83. The van der Waals surface area contributed by atoms with E-state index in [0.29, 0.717) is 6.42 Å². The minimum absolute atomic E-state index is 0.167. The molecule has 1 aromatic heterocycles. The summed E-state index contributed by atoms with van der Waals surface area (Å²) in [6.45, 7) is 0. The summed E-state index contributed by atoms with van der Waals surface area (Å²) in [5.74, 6) is 0.576. The fourth-order valence-electron chi connectivity index (χ4n) is 0.725.